The van der Waals surface area contributed by atoms with Crippen molar-refractivity contribution in [2.75, 3.05) is 24.4 Å². The molecular weight excluding hydrogens is 292 g/mol. The van der Waals surface area contributed by atoms with Crippen LogP contribution in [0.2, 0.25) is 0 Å². The van der Waals surface area contributed by atoms with Gasteiger partial charge in [0, 0.05) is 17.8 Å². The molecule has 1 heterocycles. The maximum absolute atomic E-state index is 12.7. The Morgan fingerprint density at radius 2 is 1.96 bits per heavy atom. The summed E-state index contributed by atoms with van der Waals surface area (Å²) in [4.78, 5) is 14.5. The number of benzene rings is 2. The quantitative estimate of drug-likeness (QED) is 0.940. The van der Waals surface area contributed by atoms with Gasteiger partial charge in [0.2, 0.25) is 0 Å². The summed E-state index contributed by atoms with van der Waals surface area (Å²) in [6.45, 7) is 2.05. The van der Waals surface area contributed by atoms with Crippen LogP contribution in [-0.2, 0) is 6.42 Å². The maximum atomic E-state index is 12.7. The van der Waals surface area contributed by atoms with Gasteiger partial charge in [-0.05, 0) is 37.1 Å². The van der Waals surface area contributed by atoms with Crippen LogP contribution in [0.5, 0.6) is 11.5 Å². The average molecular weight is 312 g/mol. The molecule has 0 aliphatic carbocycles. The molecule has 0 aromatic heterocycles. The predicted octanol–water partition coefficient (Wildman–Crippen LogP) is 3.69. The van der Waals surface area contributed by atoms with E-state index in [4.69, 9.17) is 9.47 Å². The number of fused-ring (bicyclic) bond motifs is 1. The first-order valence-electron chi connectivity index (χ1n) is 7.54. The topological polar surface area (TPSA) is 50.8 Å². The minimum absolute atomic E-state index is 0.122. The lowest BCUT2D eigenvalue weighted by Crippen LogP contribution is -2.39. The average Bonchev–Trinajstić information content (AvgIpc) is 2.90. The number of hydrogen-bond acceptors (Lipinski definition) is 3. The third-order valence-electron chi connectivity index (χ3n) is 4.08. The number of carbonyl (C=O) groups excluding carboxylic acids is 1. The number of urea groups is 1. The van der Waals surface area contributed by atoms with E-state index in [0.717, 1.165) is 12.1 Å². The smallest absolute Gasteiger partial charge is 0.326 e. The third-order valence-corrected chi connectivity index (χ3v) is 4.08. The Kier molecular flexibility index (Phi) is 4.10. The summed E-state index contributed by atoms with van der Waals surface area (Å²) in [5, 5.41) is 2.93. The molecule has 2 aromatic carbocycles. The van der Waals surface area contributed by atoms with Gasteiger partial charge >= 0.3 is 6.03 Å². The molecular formula is C18H20N2O3. The molecule has 0 fully saturated rings. The Balaban J connectivity index is 1.85. The van der Waals surface area contributed by atoms with Crippen LogP contribution in [0.3, 0.4) is 0 Å². The molecule has 23 heavy (non-hydrogen) atoms. The van der Waals surface area contributed by atoms with Gasteiger partial charge in [0.15, 0.2) is 0 Å². The van der Waals surface area contributed by atoms with Crippen molar-refractivity contribution in [2.24, 2.45) is 0 Å². The largest absolute Gasteiger partial charge is 0.497 e. The molecule has 3 rings (SSSR count). The summed E-state index contributed by atoms with van der Waals surface area (Å²) in [7, 11) is 3.16. The number of methoxy groups -OCH3 is 2. The number of carbonyl (C=O) groups is 1. The highest BCUT2D eigenvalue weighted by atomic mass is 16.5. The fourth-order valence-corrected chi connectivity index (χ4v) is 2.95. The number of para-hydroxylation sites is 1. The highest BCUT2D eigenvalue weighted by Gasteiger charge is 2.30. The van der Waals surface area contributed by atoms with Crippen molar-refractivity contribution >= 4 is 17.4 Å². The van der Waals surface area contributed by atoms with Crippen molar-refractivity contribution in [3.8, 4) is 11.5 Å². The molecule has 0 saturated heterocycles. The Hall–Kier alpha value is -2.69. The van der Waals surface area contributed by atoms with E-state index in [1.807, 2.05) is 25.1 Å². The first-order chi connectivity index (χ1) is 11.1. The van der Waals surface area contributed by atoms with E-state index in [-0.39, 0.29) is 12.1 Å². The van der Waals surface area contributed by atoms with E-state index >= 15 is 0 Å². The number of hydrogen-bond donors (Lipinski definition) is 1. The van der Waals surface area contributed by atoms with Crippen molar-refractivity contribution in [1.82, 2.24) is 0 Å². The van der Waals surface area contributed by atoms with Crippen molar-refractivity contribution < 1.29 is 14.3 Å². The summed E-state index contributed by atoms with van der Waals surface area (Å²) < 4.78 is 10.5. The second-order valence-corrected chi connectivity index (χ2v) is 5.55. The zero-order valence-electron chi connectivity index (χ0n) is 13.5. The third kappa shape index (κ3) is 2.82. The Labute approximate surface area is 135 Å². The molecule has 1 N–H and O–H groups in total. The summed E-state index contributed by atoms with van der Waals surface area (Å²) in [6.07, 6.45) is 0.864. The summed E-state index contributed by atoms with van der Waals surface area (Å²) in [6, 6.07) is 13.3. The van der Waals surface area contributed by atoms with E-state index in [2.05, 4.69) is 11.4 Å². The van der Waals surface area contributed by atoms with Crippen LogP contribution >= 0.6 is 0 Å². The van der Waals surface area contributed by atoms with Crippen molar-refractivity contribution in [1.29, 1.82) is 0 Å². The van der Waals surface area contributed by atoms with E-state index < -0.39 is 0 Å². The minimum Gasteiger partial charge on any atom is -0.497 e. The number of nitrogens with zero attached hydrogens (tertiary/aromatic N) is 1. The number of nitrogens with one attached hydrogen (secondary N) is 1. The van der Waals surface area contributed by atoms with Crippen LogP contribution in [0.25, 0.3) is 0 Å². The van der Waals surface area contributed by atoms with Gasteiger partial charge in [-0.25, -0.2) is 4.79 Å². The number of amides is 2. The lowest BCUT2D eigenvalue weighted by Gasteiger charge is -2.23. The lowest BCUT2D eigenvalue weighted by atomic mass is 10.1. The molecule has 1 aliphatic rings. The molecule has 120 valence electrons. The molecule has 0 radical (unpaired) electrons. The van der Waals surface area contributed by atoms with Crippen LogP contribution in [0.1, 0.15) is 12.5 Å². The van der Waals surface area contributed by atoms with E-state index in [0.29, 0.717) is 17.2 Å². The zero-order valence-corrected chi connectivity index (χ0v) is 13.5. The van der Waals surface area contributed by atoms with E-state index in [9.17, 15) is 4.79 Å². The van der Waals surface area contributed by atoms with E-state index in [1.54, 1.807) is 37.3 Å². The fraction of sp³-hybridized carbons (Fsp3) is 0.278. The number of rotatable bonds is 3. The predicted molar refractivity (Wildman–Crippen MR) is 90.7 cm³/mol. The summed E-state index contributed by atoms with van der Waals surface area (Å²) in [5.74, 6) is 1.25. The van der Waals surface area contributed by atoms with Gasteiger partial charge in [-0.15, -0.1) is 0 Å². The molecule has 2 aromatic rings. The van der Waals surface area contributed by atoms with E-state index in [1.165, 1.54) is 5.56 Å². The Morgan fingerprint density at radius 3 is 2.70 bits per heavy atom. The normalized spacial score (nSPS) is 16.0. The molecule has 5 heteroatoms. The Bertz CT molecular complexity index is 730. The van der Waals surface area contributed by atoms with Crippen molar-refractivity contribution in [3.63, 3.8) is 0 Å². The first kappa shape index (κ1) is 15.2. The molecule has 1 aliphatic heterocycles. The van der Waals surface area contributed by atoms with Gasteiger partial charge in [0.25, 0.3) is 0 Å². The van der Waals surface area contributed by atoms with Crippen molar-refractivity contribution in [2.45, 2.75) is 19.4 Å². The van der Waals surface area contributed by atoms with Gasteiger partial charge in [-0.2, -0.15) is 0 Å². The van der Waals surface area contributed by atoms with Crippen molar-refractivity contribution in [3.05, 3.63) is 48.0 Å². The second-order valence-electron chi connectivity index (χ2n) is 5.55. The van der Waals surface area contributed by atoms with Crippen LogP contribution in [0.15, 0.2) is 42.5 Å². The minimum atomic E-state index is -0.161. The molecule has 2 amide bonds. The molecule has 1 atom stereocenters. The molecule has 5 nitrogen and oxygen atoms in total. The van der Waals surface area contributed by atoms with Gasteiger partial charge < -0.3 is 14.8 Å². The molecule has 0 bridgehead atoms. The highest BCUT2D eigenvalue weighted by Crippen LogP contribution is 2.34. The standard InChI is InChI=1S/C18H20N2O3/c1-12-10-13-6-4-5-7-16(13)20(12)18(21)19-15-9-8-14(22-2)11-17(15)23-3/h4-9,11-12H,10H2,1-3H3,(H,19,21). The maximum Gasteiger partial charge on any atom is 0.326 e. The van der Waals surface area contributed by atoms with Crippen LogP contribution < -0.4 is 19.7 Å². The van der Waals surface area contributed by atoms with Gasteiger partial charge in [-0.1, -0.05) is 18.2 Å². The number of ether oxygens (including phenoxy) is 2. The molecule has 0 saturated carbocycles. The number of anilines is 2. The van der Waals surface area contributed by atoms with Gasteiger partial charge in [-0.3, -0.25) is 4.90 Å². The van der Waals surface area contributed by atoms with Crippen LogP contribution in [0, 0.1) is 0 Å². The summed E-state index contributed by atoms with van der Waals surface area (Å²) in [5.41, 5.74) is 2.77. The van der Waals surface area contributed by atoms with Gasteiger partial charge in [0.05, 0.1) is 19.9 Å². The van der Waals surface area contributed by atoms with Crippen LogP contribution in [0.4, 0.5) is 16.2 Å². The monoisotopic (exact) mass is 312 g/mol. The fourth-order valence-electron chi connectivity index (χ4n) is 2.95. The second kappa shape index (κ2) is 6.20. The zero-order chi connectivity index (χ0) is 16.4. The first-order valence-corrected chi connectivity index (χ1v) is 7.54. The van der Waals surface area contributed by atoms with Crippen LogP contribution in [-0.4, -0.2) is 26.3 Å². The molecule has 0 spiro atoms. The lowest BCUT2D eigenvalue weighted by molar-refractivity contribution is 0.255. The molecule has 1 unspecified atom stereocenters. The highest BCUT2D eigenvalue weighted by molar-refractivity contribution is 6.04. The van der Waals surface area contributed by atoms with Gasteiger partial charge in [0.1, 0.15) is 11.5 Å². The summed E-state index contributed by atoms with van der Waals surface area (Å²) >= 11 is 0. The SMILES string of the molecule is COc1ccc(NC(=O)N2c3ccccc3CC2C)c(OC)c1. The Morgan fingerprint density at radius 1 is 1.17 bits per heavy atom.